The van der Waals surface area contributed by atoms with E-state index < -0.39 is 0 Å². The minimum absolute atomic E-state index is 0.0380. The third-order valence-corrected chi connectivity index (χ3v) is 2.68. The molecular weight excluding hydrogens is 208 g/mol. The quantitative estimate of drug-likeness (QED) is 0.724. The van der Waals surface area contributed by atoms with Crippen LogP contribution in [0.5, 0.6) is 0 Å². The summed E-state index contributed by atoms with van der Waals surface area (Å²) < 4.78 is 2.22. The van der Waals surface area contributed by atoms with E-state index in [1.54, 1.807) is 0 Å². The highest BCUT2D eigenvalue weighted by Crippen LogP contribution is 2.24. The third kappa shape index (κ3) is 1.86. The molecule has 0 aliphatic heterocycles. The zero-order chi connectivity index (χ0) is 10.8. The summed E-state index contributed by atoms with van der Waals surface area (Å²) in [5.41, 5.74) is 2.22. The lowest BCUT2D eigenvalue weighted by Gasteiger charge is -2.08. The molecule has 0 radical (unpaired) electrons. The van der Waals surface area contributed by atoms with E-state index in [0.717, 1.165) is 24.3 Å². The zero-order valence-electron chi connectivity index (χ0n) is 9.07. The summed E-state index contributed by atoms with van der Waals surface area (Å²) >= 11 is 6.13. The topological polar surface area (TPSA) is 17.8 Å². The van der Waals surface area contributed by atoms with E-state index in [2.05, 4.69) is 22.5 Å². The number of para-hydroxylation sites is 2. The van der Waals surface area contributed by atoms with Crippen molar-refractivity contribution >= 4 is 22.6 Å². The molecule has 15 heavy (non-hydrogen) atoms. The van der Waals surface area contributed by atoms with Crippen LogP contribution in [0, 0.1) is 0 Å². The molecular formula is C12H15ClN2. The second-order valence-electron chi connectivity index (χ2n) is 3.73. The van der Waals surface area contributed by atoms with Crippen molar-refractivity contribution in [3.63, 3.8) is 0 Å². The number of aryl methyl sites for hydroxylation is 1. The molecule has 0 aliphatic carbocycles. The molecule has 3 heteroatoms. The Kier molecular flexibility index (Phi) is 2.96. The predicted molar refractivity (Wildman–Crippen MR) is 64.3 cm³/mol. The van der Waals surface area contributed by atoms with Crippen LogP contribution in [-0.4, -0.2) is 9.55 Å². The molecule has 0 aliphatic rings. The number of halogens is 1. The molecule has 1 atom stereocenters. The van der Waals surface area contributed by atoms with Crippen molar-refractivity contribution in [1.29, 1.82) is 0 Å². The van der Waals surface area contributed by atoms with Crippen LogP contribution in [0.15, 0.2) is 24.3 Å². The van der Waals surface area contributed by atoms with Gasteiger partial charge in [0.15, 0.2) is 0 Å². The Morgan fingerprint density at radius 2 is 2.13 bits per heavy atom. The molecule has 2 rings (SSSR count). The van der Waals surface area contributed by atoms with Gasteiger partial charge in [0, 0.05) is 6.54 Å². The summed E-state index contributed by atoms with van der Waals surface area (Å²) in [7, 11) is 0. The molecule has 0 fully saturated rings. The maximum absolute atomic E-state index is 6.13. The van der Waals surface area contributed by atoms with Gasteiger partial charge in [0.05, 0.1) is 16.4 Å². The van der Waals surface area contributed by atoms with Crippen molar-refractivity contribution in [3.8, 4) is 0 Å². The summed E-state index contributed by atoms with van der Waals surface area (Å²) in [6.45, 7) is 5.11. The van der Waals surface area contributed by atoms with Crippen LogP contribution in [0.2, 0.25) is 0 Å². The molecule has 2 nitrogen and oxygen atoms in total. The zero-order valence-corrected chi connectivity index (χ0v) is 9.83. The van der Waals surface area contributed by atoms with Gasteiger partial charge in [0.25, 0.3) is 0 Å². The van der Waals surface area contributed by atoms with Gasteiger partial charge in [0.1, 0.15) is 5.82 Å². The Labute approximate surface area is 94.9 Å². The van der Waals surface area contributed by atoms with Gasteiger partial charge in [-0.2, -0.15) is 0 Å². The minimum atomic E-state index is -0.0380. The summed E-state index contributed by atoms with van der Waals surface area (Å²) in [5, 5.41) is -0.0380. The van der Waals surface area contributed by atoms with Crippen LogP contribution in [0.4, 0.5) is 0 Å². The highest BCUT2D eigenvalue weighted by Gasteiger charge is 2.13. The highest BCUT2D eigenvalue weighted by molar-refractivity contribution is 6.20. The fraction of sp³-hybridized carbons (Fsp3) is 0.417. The van der Waals surface area contributed by atoms with Crippen LogP contribution in [0.1, 0.15) is 31.5 Å². The van der Waals surface area contributed by atoms with Gasteiger partial charge in [-0.1, -0.05) is 19.1 Å². The average molecular weight is 223 g/mol. The second kappa shape index (κ2) is 4.23. The molecule has 0 amide bonds. The van der Waals surface area contributed by atoms with Crippen molar-refractivity contribution in [2.75, 3.05) is 0 Å². The lowest BCUT2D eigenvalue weighted by atomic mass is 10.3. The number of imidazole rings is 1. The van der Waals surface area contributed by atoms with E-state index in [4.69, 9.17) is 11.6 Å². The van der Waals surface area contributed by atoms with E-state index >= 15 is 0 Å². The summed E-state index contributed by atoms with van der Waals surface area (Å²) in [6.07, 6.45) is 1.09. The van der Waals surface area contributed by atoms with Crippen molar-refractivity contribution in [3.05, 3.63) is 30.1 Å². The molecule has 1 heterocycles. The maximum Gasteiger partial charge on any atom is 0.127 e. The van der Waals surface area contributed by atoms with E-state index in [-0.39, 0.29) is 5.38 Å². The third-order valence-electron chi connectivity index (χ3n) is 2.49. The van der Waals surface area contributed by atoms with E-state index in [9.17, 15) is 0 Å². The largest absolute Gasteiger partial charge is 0.327 e. The van der Waals surface area contributed by atoms with E-state index in [0.29, 0.717) is 0 Å². The molecule has 0 N–H and O–H groups in total. The van der Waals surface area contributed by atoms with Gasteiger partial charge in [0.2, 0.25) is 0 Å². The first-order valence-electron chi connectivity index (χ1n) is 5.33. The molecule has 80 valence electrons. The fourth-order valence-electron chi connectivity index (χ4n) is 1.86. The normalized spacial score (nSPS) is 13.3. The fourth-order valence-corrected chi connectivity index (χ4v) is 2.02. The first-order chi connectivity index (χ1) is 7.24. The first kappa shape index (κ1) is 10.5. The molecule has 0 bridgehead atoms. The molecule has 0 spiro atoms. The van der Waals surface area contributed by atoms with Crippen molar-refractivity contribution in [2.45, 2.75) is 32.2 Å². The Morgan fingerprint density at radius 1 is 1.40 bits per heavy atom. The molecule has 1 aromatic carbocycles. The highest BCUT2D eigenvalue weighted by atomic mass is 35.5. The molecule has 1 aromatic heterocycles. The number of benzene rings is 1. The minimum Gasteiger partial charge on any atom is -0.327 e. The summed E-state index contributed by atoms with van der Waals surface area (Å²) in [4.78, 5) is 4.56. The van der Waals surface area contributed by atoms with Crippen molar-refractivity contribution in [2.24, 2.45) is 0 Å². The lowest BCUT2D eigenvalue weighted by Crippen LogP contribution is -2.03. The second-order valence-corrected chi connectivity index (χ2v) is 4.38. The standard InChI is InChI=1S/C12H15ClN2/c1-3-8-15-11-7-5-4-6-10(11)14-12(15)9(2)13/h4-7,9H,3,8H2,1-2H3. The smallest absolute Gasteiger partial charge is 0.127 e. The number of nitrogens with zero attached hydrogens (tertiary/aromatic N) is 2. The lowest BCUT2D eigenvalue weighted by molar-refractivity contribution is 0.654. The van der Waals surface area contributed by atoms with Gasteiger partial charge in [-0.3, -0.25) is 0 Å². The van der Waals surface area contributed by atoms with Crippen LogP contribution in [0.3, 0.4) is 0 Å². The molecule has 1 unspecified atom stereocenters. The van der Waals surface area contributed by atoms with Gasteiger partial charge in [-0.15, -0.1) is 11.6 Å². The van der Waals surface area contributed by atoms with Gasteiger partial charge in [-0.25, -0.2) is 4.98 Å². The summed E-state index contributed by atoms with van der Waals surface area (Å²) in [5.74, 6) is 0.972. The SMILES string of the molecule is CCCn1c(C(C)Cl)nc2ccccc21. The predicted octanol–water partition coefficient (Wildman–Crippen LogP) is 3.75. The Morgan fingerprint density at radius 3 is 2.80 bits per heavy atom. The Balaban J connectivity index is 2.63. The maximum atomic E-state index is 6.13. The number of hydrogen-bond acceptors (Lipinski definition) is 1. The molecule has 2 aromatic rings. The molecule has 0 saturated heterocycles. The molecule has 0 saturated carbocycles. The van der Waals surface area contributed by atoms with Crippen LogP contribution >= 0.6 is 11.6 Å². The number of alkyl halides is 1. The van der Waals surface area contributed by atoms with Crippen molar-refractivity contribution in [1.82, 2.24) is 9.55 Å². The Hall–Kier alpha value is -1.02. The first-order valence-corrected chi connectivity index (χ1v) is 5.77. The van der Waals surface area contributed by atoms with Gasteiger partial charge >= 0.3 is 0 Å². The van der Waals surface area contributed by atoms with Crippen molar-refractivity contribution < 1.29 is 0 Å². The number of hydrogen-bond donors (Lipinski definition) is 0. The average Bonchev–Trinajstić information content (AvgIpc) is 2.58. The monoisotopic (exact) mass is 222 g/mol. The van der Waals surface area contributed by atoms with E-state index in [1.165, 1.54) is 5.52 Å². The Bertz CT molecular complexity index is 460. The van der Waals surface area contributed by atoms with Crippen LogP contribution in [-0.2, 0) is 6.54 Å². The number of fused-ring (bicyclic) bond motifs is 1. The summed E-state index contributed by atoms with van der Waals surface area (Å²) in [6, 6.07) is 8.18. The van der Waals surface area contributed by atoms with Gasteiger partial charge in [-0.05, 0) is 25.5 Å². The van der Waals surface area contributed by atoms with Gasteiger partial charge < -0.3 is 4.57 Å². The van der Waals surface area contributed by atoms with E-state index in [1.807, 2.05) is 25.1 Å². The number of rotatable bonds is 3. The van der Waals surface area contributed by atoms with Crippen LogP contribution < -0.4 is 0 Å². The number of aromatic nitrogens is 2. The van der Waals surface area contributed by atoms with Crippen LogP contribution in [0.25, 0.3) is 11.0 Å².